The van der Waals surface area contributed by atoms with E-state index >= 15 is 0 Å². The van der Waals surface area contributed by atoms with E-state index in [2.05, 4.69) is 33.0 Å². The number of aromatic nitrogens is 1. The molecule has 1 aliphatic heterocycles. The summed E-state index contributed by atoms with van der Waals surface area (Å²) in [6, 6.07) is 2.58. The fourth-order valence-electron chi connectivity index (χ4n) is 2.87. The van der Waals surface area contributed by atoms with Gasteiger partial charge in [-0.05, 0) is 53.1 Å². The lowest BCUT2D eigenvalue weighted by Gasteiger charge is -2.30. The molecule has 118 valence electrons. The molecule has 2 heterocycles. The standard InChI is InChI=1S/C16H26ClN3O/c1-11(2)19-9-13(17)8-15(19)16(21)20(12(3)4)10-14-6-5-7-18-14/h8-9,11-12,14,18H,5-7,10H2,1-4H3. The van der Waals surface area contributed by atoms with Crippen molar-refractivity contribution in [1.82, 2.24) is 14.8 Å². The van der Waals surface area contributed by atoms with Crippen molar-refractivity contribution in [2.24, 2.45) is 0 Å². The Balaban J connectivity index is 2.21. The van der Waals surface area contributed by atoms with Crippen LogP contribution < -0.4 is 5.32 Å². The van der Waals surface area contributed by atoms with E-state index in [1.165, 1.54) is 6.42 Å². The molecule has 0 saturated carbocycles. The largest absolute Gasteiger partial charge is 0.339 e. The number of carbonyl (C=O) groups is 1. The first-order valence-corrected chi connectivity index (χ1v) is 8.19. The van der Waals surface area contributed by atoms with Crippen molar-refractivity contribution in [2.75, 3.05) is 13.1 Å². The maximum atomic E-state index is 12.9. The van der Waals surface area contributed by atoms with Crippen LogP contribution >= 0.6 is 11.6 Å². The highest BCUT2D eigenvalue weighted by Crippen LogP contribution is 2.22. The zero-order valence-corrected chi connectivity index (χ0v) is 14.2. The van der Waals surface area contributed by atoms with Crippen LogP contribution in [0.4, 0.5) is 0 Å². The molecular formula is C16H26ClN3O. The fourth-order valence-corrected chi connectivity index (χ4v) is 3.08. The second kappa shape index (κ2) is 6.84. The molecule has 0 radical (unpaired) electrons. The van der Waals surface area contributed by atoms with Crippen molar-refractivity contribution in [2.45, 2.75) is 58.7 Å². The van der Waals surface area contributed by atoms with Crippen LogP contribution in [0, 0.1) is 0 Å². The molecule has 0 spiro atoms. The number of amides is 1. The molecule has 2 rings (SSSR count). The van der Waals surface area contributed by atoms with E-state index in [1.807, 2.05) is 15.7 Å². The predicted octanol–water partition coefficient (Wildman–Crippen LogP) is 3.33. The lowest BCUT2D eigenvalue weighted by atomic mass is 10.1. The third-order valence-electron chi connectivity index (χ3n) is 4.05. The van der Waals surface area contributed by atoms with Crippen molar-refractivity contribution in [3.63, 3.8) is 0 Å². The van der Waals surface area contributed by atoms with E-state index in [9.17, 15) is 4.79 Å². The minimum Gasteiger partial charge on any atom is -0.339 e. The summed E-state index contributed by atoms with van der Waals surface area (Å²) in [5, 5.41) is 4.08. The van der Waals surface area contributed by atoms with Crippen LogP contribution in [-0.4, -0.2) is 40.5 Å². The average molecular weight is 312 g/mol. The molecule has 0 aliphatic carbocycles. The smallest absolute Gasteiger partial charge is 0.270 e. The molecule has 1 aromatic heterocycles. The van der Waals surface area contributed by atoms with Gasteiger partial charge >= 0.3 is 0 Å². The number of nitrogens with one attached hydrogen (secondary N) is 1. The highest BCUT2D eigenvalue weighted by Gasteiger charge is 2.27. The molecule has 1 aliphatic rings. The first-order chi connectivity index (χ1) is 9.90. The Bertz CT molecular complexity index is 490. The molecule has 5 heteroatoms. The number of hydrogen-bond donors (Lipinski definition) is 1. The van der Waals surface area contributed by atoms with Crippen molar-refractivity contribution in [1.29, 1.82) is 0 Å². The zero-order chi connectivity index (χ0) is 15.6. The van der Waals surface area contributed by atoms with Gasteiger partial charge in [-0.15, -0.1) is 0 Å². The van der Waals surface area contributed by atoms with Crippen molar-refractivity contribution >= 4 is 17.5 Å². The van der Waals surface area contributed by atoms with Gasteiger partial charge in [-0.2, -0.15) is 0 Å². The first kappa shape index (κ1) is 16.4. The molecular weight excluding hydrogens is 286 g/mol. The molecule has 1 saturated heterocycles. The lowest BCUT2D eigenvalue weighted by molar-refractivity contribution is 0.0676. The van der Waals surface area contributed by atoms with Crippen molar-refractivity contribution < 1.29 is 4.79 Å². The molecule has 1 N–H and O–H groups in total. The van der Waals surface area contributed by atoms with Crippen LogP contribution in [0.15, 0.2) is 12.3 Å². The Morgan fingerprint density at radius 2 is 2.19 bits per heavy atom. The molecule has 0 aromatic carbocycles. The van der Waals surface area contributed by atoms with Gasteiger partial charge in [0.25, 0.3) is 5.91 Å². The molecule has 1 amide bonds. The summed E-state index contributed by atoms with van der Waals surface area (Å²) in [5.74, 6) is 0.0688. The molecule has 0 bridgehead atoms. The van der Waals surface area contributed by atoms with Gasteiger partial charge in [0.15, 0.2) is 0 Å². The second-order valence-corrected chi connectivity index (χ2v) is 6.83. The lowest BCUT2D eigenvalue weighted by Crippen LogP contribution is -2.45. The fraction of sp³-hybridized carbons (Fsp3) is 0.688. The molecule has 4 nitrogen and oxygen atoms in total. The molecule has 1 unspecified atom stereocenters. The first-order valence-electron chi connectivity index (χ1n) is 7.82. The quantitative estimate of drug-likeness (QED) is 0.905. The maximum absolute atomic E-state index is 12.9. The monoisotopic (exact) mass is 311 g/mol. The molecule has 1 fully saturated rings. The van der Waals surface area contributed by atoms with Crippen LogP contribution in [0.3, 0.4) is 0 Å². The summed E-state index contributed by atoms with van der Waals surface area (Å²) in [6.07, 6.45) is 4.17. The Kier molecular flexibility index (Phi) is 5.33. The summed E-state index contributed by atoms with van der Waals surface area (Å²) in [5.41, 5.74) is 0.682. The minimum atomic E-state index is 0.0688. The van der Waals surface area contributed by atoms with Gasteiger partial charge in [-0.25, -0.2) is 0 Å². The normalized spacial score (nSPS) is 18.7. The predicted molar refractivity (Wildman–Crippen MR) is 87.0 cm³/mol. The van der Waals surface area contributed by atoms with Gasteiger partial charge in [-0.3, -0.25) is 4.79 Å². The van der Waals surface area contributed by atoms with Gasteiger partial charge < -0.3 is 14.8 Å². The SMILES string of the molecule is CC(C)N(CC1CCCN1)C(=O)c1cc(Cl)cn1C(C)C. The highest BCUT2D eigenvalue weighted by molar-refractivity contribution is 6.31. The van der Waals surface area contributed by atoms with Crippen LogP contribution in [0.25, 0.3) is 0 Å². The van der Waals surface area contributed by atoms with E-state index in [0.29, 0.717) is 16.8 Å². The van der Waals surface area contributed by atoms with E-state index in [-0.39, 0.29) is 18.0 Å². The van der Waals surface area contributed by atoms with E-state index in [0.717, 1.165) is 19.5 Å². The van der Waals surface area contributed by atoms with Crippen LogP contribution in [-0.2, 0) is 0 Å². The zero-order valence-electron chi connectivity index (χ0n) is 13.4. The van der Waals surface area contributed by atoms with Crippen LogP contribution in [0.2, 0.25) is 5.02 Å². The average Bonchev–Trinajstić information content (AvgIpc) is 3.03. The third-order valence-corrected chi connectivity index (χ3v) is 4.26. The topological polar surface area (TPSA) is 37.3 Å². The van der Waals surface area contributed by atoms with Gasteiger partial charge in [0.1, 0.15) is 5.69 Å². The number of hydrogen-bond acceptors (Lipinski definition) is 2. The summed E-state index contributed by atoms with van der Waals surface area (Å²) >= 11 is 6.10. The van der Waals surface area contributed by atoms with E-state index < -0.39 is 0 Å². The van der Waals surface area contributed by atoms with Crippen molar-refractivity contribution in [3.05, 3.63) is 23.0 Å². The van der Waals surface area contributed by atoms with Crippen LogP contribution in [0.5, 0.6) is 0 Å². The third kappa shape index (κ3) is 3.80. The summed E-state index contributed by atoms with van der Waals surface area (Å²) in [6.45, 7) is 10.1. The van der Waals surface area contributed by atoms with Gasteiger partial charge in [0.05, 0.1) is 5.02 Å². The van der Waals surface area contributed by atoms with Crippen molar-refractivity contribution in [3.8, 4) is 0 Å². The Hall–Kier alpha value is -1.00. The van der Waals surface area contributed by atoms with Gasteiger partial charge in [-0.1, -0.05) is 11.6 Å². The summed E-state index contributed by atoms with van der Waals surface area (Å²) < 4.78 is 1.96. The molecule has 1 aromatic rings. The second-order valence-electron chi connectivity index (χ2n) is 6.39. The number of halogens is 1. The van der Waals surface area contributed by atoms with E-state index in [4.69, 9.17) is 11.6 Å². The minimum absolute atomic E-state index is 0.0688. The summed E-state index contributed by atoms with van der Waals surface area (Å²) in [7, 11) is 0. The Labute approximate surface area is 132 Å². The highest BCUT2D eigenvalue weighted by atomic mass is 35.5. The van der Waals surface area contributed by atoms with E-state index in [1.54, 1.807) is 6.07 Å². The Morgan fingerprint density at radius 1 is 1.48 bits per heavy atom. The summed E-state index contributed by atoms with van der Waals surface area (Å²) in [4.78, 5) is 14.9. The maximum Gasteiger partial charge on any atom is 0.270 e. The Morgan fingerprint density at radius 3 is 2.71 bits per heavy atom. The van der Waals surface area contributed by atoms with Crippen LogP contribution in [0.1, 0.15) is 57.1 Å². The van der Waals surface area contributed by atoms with Gasteiger partial charge in [0, 0.05) is 30.9 Å². The number of carbonyl (C=O) groups excluding carboxylic acids is 1. The molecule has 1 atom stereocenters. The molecule has 21 heavy (non-hydrogen) atoms. The number of nitrogens with zero attached hydrogens (tertiary/aromatic N) is 2. The van der Waals surface area contributed by atoms with Gasteiger partial charge in [0.2, 0.25) is 0 Å². The number of rotatable bonds is 5.